The summed E-state index contributed by atoms with van der Waals surface area (Å²) in [5.74, 6) is -0.0768. The topological polar surface area (TPSA) is 75.5 Å². The van der Waals surface area contributed by atoms with Crippen LogP contribution >= 0.6 is 0 Å². The van der Waals surface area contributed by atoms with Crippen LogP contribution in [0.5, 0.6) is 0 Å². The van der Waals surface area contributed by atoms with Gasteiger partial charge in [0.15, 0.2) is 0 Å². The van der Waals surface area contributed by atoms with Crippen LogP contribution in [0.3, 0.4) is 0 Å². The lowest BCUT2D eigenvalue weighted by atomic mass is 10.2. The molecular weight excluding hydrogens is 328 g/mol. The van der Waals surface area contributed by atoms with Gasteiger partial charge in [-0.05, 0) is 24.1 Å². The van der Waals surface area contributed by atoms with Gasteiger partial charge in [-0.25, -0.2) is 8.42 Å². The second kappa shape index (κ2) is 6.03. The molecule has 0 N–H and O–H groups in total. The minimum atomic E-state index is -3.64. The van der Waals surface area contributed by atoms with E-state index in [-0.39, 0.29) is 17.3 Å². The first-order valence-electron chi connectivity index (χ1n) is 7.64. The monoisotopic (exact) mass is 348 g/mol. The highest BCUT2D eigenvalue weighted by molar-refractivity contribution is 7.89. The summed E-state index contributed by atoms with van der Waals surface area (Å²) in [6.45, 7) is 2.33. The van der Waals surface area contributed by atoms with Gasteiger partial charge in [-0.2, -0.15) is 9.40 Å². The quantitative estimate of drug-likeness (QED) is 0.831. The normalized spacial score (nSPS) is 14.2. The maximum absolute atomic E-state index is 12.8. The lowest BCUT2D eigenvalue weighted by Gasteiger charge is -2.19. The number of hydrogen-bond acceptors (Lipinski definition) is 4. The summed E-state index contributed by atoms with van der Waals surface area (Å²) in [6, 6.07) is 5.00. The average Bonchev–Trinajstić information content (AvgIpc) is 3.12. The molecule has 0 spiro atoms. The molecule has 8 heteroatoms. The van der Waals surface area contributed by atoms with Crippen LogP contribution in [0.1, 0.15) is 18.1 Å². The van der Waals surface area contributed by atoms with Crippen LogP contribution in [0.15, 0.2) is 35.5 Å². The predicted octanol–water partition coefficient (Wildman–Crippen LogP) is 1.15. The van der Waals surface area contributed by atoms with Gasteiger partial charge in [0.25, 0.3) is 0 Å². The number of sulfonamides is 1. The Kier molecular flexibility index (Phi) is 4.18. The van der Waals surface area contributed by atoms with E-state index in [4.69, 9.17) is 0 Å². The van der Waals surface area contributed by atoms with Gasteiger partial charge in [0.2, 0.25) is 15.9 Å². The highest BCUT2D eigenvalue weighted by atomic mass is 32.2. The second-order valence-electron chi connectivity index (χ2n) is 5.99. The zero-order valence-corrected chi connectivity index (χ0v) is 14.7. The number of fused-ring (bicyclic) bond motifs is 1. The minimum absolute atomic E-state index is 0.0768. The molecule has 0 unspecified atom stereocenters. The molecule has 2 heterocycles. The van der Waals surface area contributed by atoms with Gasteiger partial charge in [0.05, 0.1) is 11.1 Å². The van der Waals surface area contributed by atoms with E-state index in [2.05, 4.69) is 5.10 Å². The van der Waals surface area contributed by atoms with Crippen molar-refractivity contribution in [3.05, 3.63) is 41.7 Å². The number of benzene rings is 1. The van der Waals surface area contributed by atoms with Gasteiger partial charge in [0, 0.05) is 51.6 Å². The molecule has 0 radical (unpaired) electrons. The van der Waals surface area contributed by atoms with Crippen molar-refractivity contribution in [1.82, 2.24) is 14.1 Å². The van der Waals surface area contributed by atoms with Crippen LogP contribution in [0.2, 0.25) is 0 Å². The third kappa shape index (κ3) is 2.94. The molecule has 0 aliphatic carbocycles. The molecule has 2 aromatic rings. The molecule has 128 valence electrons. The van der Waals surface area contributed by atoms with Crippen molar-refractivity contribution in [1.29, 1.82) is 0 Å². The molecule has 0 fully saturated rings. The number of aryl methyl sites for hydroxylation is 1. The summed E-state index contributed by atoms with van der Waals surface area (Å²) in [4.78, 5) is 13.5. The summed E-state index contributed by atoms with van der Waals surface area (Å²) in [5.41, 5.74) is 2.51. The standard InChI is InChI=1S/C16H20N4O3S/c1-12(21)20-7-6-14-4-5-15(8-16(14)20)24(22,23)19(3)11-13-9-17-18(2)10-13/h4-5,8-10H,6-7,11H2,1-3H3. The van der Waals surface area contributed by atoms with Gasteiger partial charge < -0.3 is 4.90 Å². The summed E-state index contributed by atoms with van der Waals surface area (Å²) in [7, 11) is -0.314. The van der Waals surface area contributed by atoms with Gasteiger partial charge in [-0.3, -0.25) is 9.48 Å². The lowest BCUT2D eigenvalue weighted by Crippen LogP contribution is -2.28. The first-order valence-corrected chi connectivity index (χ1v) is 9.08. The molecule has 0 bridgehead atoms. The van der Waals surface area contributed by atoms with E-state index >= 15 is 0 Å². The molecule has 1 aromatic carbocycles. The van der Waals surface area contributed by atoms with E-state index in [1.54, 1.807) is 47.2 Å². The minimum Gasteiger partial charge on any atom is -0.312 e. The van der Waals surface area contributed by atoms with E-state index in [0.717, 1.165) is 17.5 Å². The van der Waals surface area contributed by atoms with Gasteiger partial charge in [-0.1, -0.05) is 6.07 Å². The van der Waals surface area contributed by atoms with Crippen LogP contribution in [-0.2, 0) is 34.8 Å². The van der Waals surface area contributed by atoms with Crippen molar-refractivity contribution in [2.24, 2.45) is 7.05 Å². The number of amides is 1. The molecular formula is C16H20N4O3S. The molecule has 1 amide bonds. The molecule has 1 aliphatic heterocycles. The Morgan fingerprint density at radius 3 is 2.75 bits per heavy atom. The van der Waals surface area contributed by atoms with Crippen molar-refractivity contribution in [3.8, 4) is 0 Å². The fourth-order valence-electron chi connectivity index (χ4n) is 2.92. The Morgan fingerprint density at radius 2 is 2.12 bits per heavy atom. The average molecular weight is 348 g/mol. The fraction of sp³-hybridized carbons (Fsp3) is 0.375. The van der Waals surface area contributed by atoms with Crippen LogP contribution in [0, 0.1) is 0 Å². The summed E-state index contributed by atoms with van der Waals surface area (Å²) < 4.78 is 28.6. The number of hydrogen-bond donors (Lipinski definition) is 0. The Hall–Kier alpha value is -2.19. The van der Waals surface area contributed by atoms with Gasteiger partial charge >= 0.3 is 0 Å². The summed E-state index contributed by atoms with van der Waals surface area (Å²) in [6.07, 6.45) is 4.18. The largest absolute Gasteiger partial charge is 0.312 e. The fourth-order valence-corrected chi connectivity index (χ4v) is 4.10. The van der Waals surface area contributed by atoms with Gasteiger partial charge in [-0.15, -0.1) is 0 Å². The molecule has 7 nitrogen and oxygen atoms in total. The third-order valence-electron chi connectivity index (χ3n) is 4.20. The number of rotatable bonds is 4. The number of aromatic nitrogens is 2. The summed E-state index contributed by atoms with van der Waals surface area (Å²) >= 11 is 0. The van der Waals surface area contributed by atoms with Crippen LogP contribution in [0.4, 0.5) is 5.69 Å². The number of nitrogens with zero attached hydrogens (tertiary/aromatic N) is 4. The van der Waals surface area contributed by atoms with E-state index < -0.39 is 10.0 Å². The highest BCUT2D eigenvalue weighted by Crippen LogP contribution is 2.31. The molecule has 0 saturated heterocycles. The Bertz CT molecular complexity index is 888. The molecule has 24 heavy (non-hydrogen) atoms. The van der Waals surface area contributed by atoms with Crippen LogP contribution in [-0.4, -0.2) is 42.0 Å². The molecule has 1 aromatic heterocycles. The molecule has 0 atom stereocenters. The maximum Gasteiger partial charge on any atom is 0.243 e. The van der Waals surface area contributed by atoms with Crippen molar-refractivity contribution >= 4 is 21.6 Å². The number of carbonyl (C=O) groups excluding carboxylic acids is 1. The SMILES string of the molecule is CC(=O)N1CCc2ccc(S(=O)(=O)N(C)Cc3cnn(C)c3)cc21. The van der Waals surface area contributed by atoms with Crippen LogP contribution in [0.25, 0.3) is 0 Å². The molecule has 1 aliphatic rings. The van der Waals surface area contributed by atoms with E-state index in [0.29, 0.717) is 12.2 Å². The van der Waals surface area contributed by atoms with Crippen molar-refractivity contribution in [2.45, 2.75) is 24.8 Å². The zero-order chi connectivity index (χ0) is 17.5. The Morgan fingerprint density at radius 1 is 1.38 bits per heavy atom. The summed E-state index contributed by atoms with van der Waals surface area (Å²) in [5, 5.41) is 4.05. The predicted molar refractivity (Wildman–Crippen MR) is 90.0 cm³/mol. The number of carbonyl (C=O) groups is 1. The van der Waals surface area contributed by atoms with E-state index in [1.165, 1.54) is 18.3 Å². The maximum atomic E-state index is 12.8. The third-order valence-corrected chi connectivity index (χ3v) is 6.00. The van der Waals surface area contributed by atoms with E-state index in [1.807, 2.05) is 0 Å². The first-order chi connectivity index (χ1) is 11.3. The Labute approximate surface area is 141 Å². The van der Waals surface area contributed by atoms with Crippen molar-refractivity contribution in [2.75, 3.05) is 18.5 Å². The van der Waals surface area contributed by atoms with Gasteiger partial charge in [0.1, 0.15) is 0 Å². The zero-order valence-electron chi connectivity index (χ0n) is 13.9. The lowest BCUT2D eigenvalue weighted by molar-refractivity contribution is -0.116. The van der Waals surface area contributed by atoms with Crippen molar-refractivity contribution < 1.29 is 13.2 Å². The first kappa shape index (κ1) is 16.7. The van der Waals surface area contributed by atoms with Crippen LogP contribution < -0.4 is 4.90 Å². The molecule has 3 rings (SSSR count). The highest BCUT2D eigenvalue weighted by Gasteiger charge is 2.27. The Balaban J connectivity index is 1.90. The van der Waals surface area contributed by atoms with E-state index in [9.17, 15) is 13.2 Å². The van der Waals surface area contributed by atoms with Crippen molar-refractivity contribution in [3.63, 3.8) is 0 Å². The second-order valence-corrected chi connectivity index (χ2v) is 8.04. The smallest absolute Gasteiger partial charge is 0.243 e. The number of anilines is 1. The molecule has 0 saturated carbocycles.